The molecule has 4 nitrogen and oxygen atoms in total. The Morgan fingerprint density at radius 2 is 2.05 bits per heavy atom. The first-order valence-corrected chi connectivity index (χ1v) is 5.91. The van der Waals surface area contributed by atoms with Gasteiger partial charge in [-0.3, -0.25) is 4.79 Å². The molecule has 0 bridgehead atoms. The Morgan fingerprint density at radius 3 is 2.63 bits per heavy atom. The highest BCUT2D eigenvalue weighted by Gasteiger charge is 2.18. The molecule has 0 N–H and O–H groups in total. The van der Waals surface area contributed by atoms with Gasteiger partial charge >= 0.3 is 5.97 Å². The Balaban J connectivity index is 2.54. The molecular formula is C15H18O4. The molecule has 1 rings (SSSR count). The van der Waals surface area contributed by atoms with E-state index in [9.17, 15) is 9.59 Å². The number of carbonyl (C=O) groups is 2. The molecular weight excluding hydrogens is 244 g/mol. The van der Waals surface area contributed by atoms with Gasteiger partial charge in [0.15, 0.2) is 0 Å². The van der Waals surface area contributed by atoms with Gasteiger partial charge in [0.25, 0.3) is 0 Å². The standard InChI is InChI=1S/C15H18O4/c1-11(14(17)19-15(2,3)4)10-18-13-7-5-6-12(8-13)9-16/h5-9H,1,10H2,2-4H3. The monoisotopic (exact) mass is 262 g/mol. The van der Waals surface area contributed by atoms with Gasteiger partial charge in [0.05, 0.1) is 5.57 Å². The van der Waals surface area contributed by atoms with E-state index in [2.05, 4.69) is 6.58 Å². The van der Waals surface area contributed by atoms with Crippen LogP contribution in [0, 0.1) is 0 Å². The lowest BCUT2D eigenvalue weighted by molar-refractivity contribution is -0.150. The van der Waals surface area contributed by atoms with Crippen LogP contribution in [0.2, 0.25) is 0 Å². The lowest BCUT2D eigenvalue weighted by Gasteiger charge is -2.20. The number of aldehydes is 1. The molecule has 0 saturated heterocycles. The molecule has 0 saturated carbocycles. The van der Waals surface area contributed by atoms with Crippen LogP contribution >= 0.6 is 0 Å². The van der Waals surface area contributed by atoms with Crippen LogP contribution < -0.4 is 4.74 Å². The highest BCUT2D eigenvalue weighted by molar-refractivity contribution is 5.88. The molecule has 102 valence electrons. The van der Waals surface area contributed by atoms with Gasteiger partial charge in [-0.2, -0.15) is 0 Å². The smallest absolute Gasteiger partial charge is 0.337 e. The summed E-state index contributed by atoms with van der Waals surface area (Å²) in [5, 5.41) is 0. The van der Waals surface area contributed by atoms with Crippen LogP contribution in [0.25, 0.3) is 0 Å². The van der Waals surface area contributed by atoms with Gasteiger partial charge in [-0.25, -0.2) is 4.79 Å². The minimum atomic E-state index is -0.558. The zero-order valence-corrected chi connectivity index (χ0v) is 11.4. The highest BCUT2D eigenvalue weighted by atomic mass is 16.6. The molecule has 0 fully saturated rings. The first-order valence-electron chi connectivity index (χ1n) is 5.91. The molecule has 0 radical (unpaired) electrons. The van der Waals surface area contributed by atoms with Crippen LogP contribution in [0.1, 0.15) is 31.1 Å². The van der Waals surface area contributed by atoms with Crippen LogP contribution in [0.3, 0.4) is 0 Å². The molecule has 0 aromatic heterocycles. The molecule has 0 aliphatic heterocycles. The van der Waals surface area contributed by atoms with Gasteiger partial charge in [0.1, 0.15) is 24.2 Å². The minimum absolute atomic E-state index is 0.0250. The third kappa shape index (κ3) is 5.38. The summed E-state index contributed by atoms with van der Waals surface area (Å²) in [5.74, 6) is 0.0216. The van der Waals surface area contributed by atoms with E-state index in [0.29, 0.717) is 11.3 Å². The topological polar surface area (TPSA) is 52.6 Å². The van der Waals surface area contributed by atoms with E-state index in [-0.39, 0.29) is 12.2 Å². The van der Waals surface area contributed by atoms with Gasteiger partial charge in [0.2, 0.25) is 0 Å². The van der Waals surface area contributed by atoms with Crippen molar-refractivity contribution in [1.29, 1.82) is 0 Å². The Kier molecular flexibility index (Phi) is 4.87. The largest absolute Gasteiger partial charge is 0.489 e. The maximum Gasteiger partial charge on any atom is 0.337 e. The molecule has 4 heteroatoms. The number of hydrogen-bond acceptors (Lipinski definition) is 4. The van der Waals surface area contributed by atoms with Crippen LogP contribution in [-0.4, -0.2) is 24.5 Å². The fourth-order valence-electron chi connectivity index (χ4n) is 1.26. The molecule has 19 heavy (non-hydrogen) atoms. The number of esters is 1. The third-order valence-electron chi connectivity index (χ3n) is 2.09. The van der Waals surface area contributed by atoms with Gasteiger partial charge < -0.3 is 9.47 Å². The number of hydrogen-bond donors (Lipinski definition) is 0. The number of benzene rings is 1. The molecule has 0 spiro atoms. The molecule has 0 unspecified atom stereocenters. The van der Waals surface area contributed by atoms with Crippen molar-refractivity contribution in [2.75, 3.05) is 6.61 Å². The van der Waals surface area contributed by atoms with Crippen molar-refractivity contribution in [3.8, 4) is 5.75 Å². The van der Waals surface area contributed by atoms with Crippen molar-refractivity contribution in [2.45, 2.75) is 26.4 Å². The maximum absolute atomic E-state index is 11.6. The Morgan fingerprint density at radius 1 is 1.37 bits per heavy atom. The van der Waals surface area contributed by atoms with Crippen molar-refractivity contribution in [3.63, 3.8) is 0 Å². The first-order chi connectivity index (χ1) is 8.81. The second-order valence-corrected chi connectivity index (χ2v) is 5.08. The highest BCUT2D eigenvalue weighted by Crippen LogP contribution is 2.14. The predicted octanol–water partition coefficient (Wildman–Crippen LogP) is 2.78. The van der Waals surface area contributed by atoms with Crippen molar-refractivity contribution in [2.24, 2.45) is 0 Å². The Bertz CT molecular complexity index is 483. The molecule has 0 aliphatic rings. The summed E-state index contributed by atoms with van der Waals surface area (Å²) in [6.07, 6.45) is 0.732. The fourth-order valence-corrected chi connectivity index (χ4v) is 1.26. The van der Waals surface area contributed by atoms with Crippen LogP contribution in [0.5, 0.6) is 5.75 Å². The van der Waals surface area contributed by atoms with Crippen molar-refractivity contribution in [1.82, 2.24) is 0 Å². The normalized spacial score (nSPS) is 10.7. The number of carbonyl (C=O) groups excluding carboxylic acids is 2. The van der Waals surface area contributed by atoms with E-state index in [1.807, 2.05) is 0 Å². The lowest BCUT2D eigenvalue weighted by atomic mass is 10.2. The van der Waals surface area contributed by atoms with Gasteiger partial charge in [-0.15, -0.1) is 0 Å². The average molecular weight is 262 g/mol. The molecule has 0 aliphatic carbocycles. The van der Waals surface area contributed by atoms with Gasteiger partial charge in [-0.05, 0) is 32.9 Å². The Hall–Kier alpha value is -2.10. The van der Waals surface area contributed by atoms with Crippen LogP contribution in [-0.2, 0) is 9.53 Å². The van der Waals surface area contributed by atoms with E-state index in [1.165, 1.54) is 0 Å². The van der Waals surface area contributed by atoms with Crippen molar-refractivity contribution in [3.05, 3.63) is 42.0 Å². The van der Waals surface area contributed by atoms with Crippen LogP contribution in [0.15, 0.2) is 36.4 Å². The zero-order valence-electron chi connectivity index (χ0n) is 11.4. The predicted molar refractivity (Wildman–Crippen MR) is 72.3 cm³/mol. The molecule has 1 aromatic carbocycles. The molecule has 0 atom stereocenters. The van der Waals surface area contributed by atoms with E-state index in [4.69, 9.17) is 9.47 Å². The zero-order chi connectivity index (χ0) is 14.5. The second-order valence-electron chi connectivity index (χ2n) is 5.08. The SMILES string of the molecule is C=C(COc1cccc(C=O)c1)C(=O)OC(C)(C)C. The first kappa shape index (κ1) is 15.0. The van der Waals surface area contributed by atoms with E-state index >= 15 is 0 Å². The van der Waals surface area contributed by atoms with Crippen molar-refractivity contribution < 1.29 is 19.1 Å². The fraction of sp³-hybridized carbons (Fsp3) is 0.333. The molecule has 0 amide bonds. The third-order valence-corrected chi connectivity index (χ3v) is 2.09. The summed E-state index contributed by atoms with van der Waals surface area (Å²) in [5.41, 5.74) is 0.184. The summed E-state index contributed by atoms with van der Waals surface area (Å²) < 4.78 is 10.5. The number of ether oxygens (including phenoxy) is 2. The summed E-state index contributed by atoms with van der Waals surface area (Å²) >= 11 is 0. The summed E-state index contributed by atoms with van der Waals surface area (Å²) in [6, 6.07) is 6.67. The summed E-state index contributed by atoms with van der Waals surface area (Å²) in [4.78, 5) is 22.3. The minimum Gasteiger partial charge on any atom is -0.489 e. The maximum atomic E-state index is 11.6. The molecule has 1 aromatic rings. The quantitative estimate of drug-likeness (QED) is 0.465. The summed E-state index contributed by atoms with van der Waals surface area (Å²) in [7, 11) is 0. The number of rotatable bonds is 5. The second kappa shape index (κ2) is 6.18. The van der Waals surface area contributed by atoms with Crippen LogP contribution in [0.4, 0.5) is 0 Å². The Labute approximate surface area is 113 Å². The van der Waals surface area contributed by atoms with Gasteiger partial charge in [0, 0.05) is 5.56 Å². The van der Waals surface area contributed by atoms with E-state index in [1.54, 1.807) is 45.0 Å². The molecule has 0 heterocycles. The van der Waals surface area contributed by atoms with E-state index in [0.717, 1.165) is 6.29 Å². The van der Waals surface area contributed by atoms with Gasteiger partial charge in [-0.1, -0.05) is 18.7 Å². The summed E-state index contributed by atoms with van der Waals surface area (Å²) in [6.45, 7) is 9.01. The van der Waals surface area contributed by atoms with E-state index < -0.39 is 11.6 Å². The average Bonchev–Trinajstić information content (AvgIpc) is 2.34. The van der Waals surface area contributed by atoms with Crippen molar-refractivity contribution >= 4 is 12.3 Å². The lowest BCUT2D eigenvalue weighted by Crippen LogP contribution is -2.26.